The van der Waals surface area contributed by atoms with E-state index in [4.69, 9.17) is 4.74 Å². The molecule has 0 bridgehead atoms. The number of alkyl carbamates (subject to hydrolysis) is 1. The number of nitrogens with zero attached hydrogens (tertiary/aromatic N) is 3. The van der Waals surface area contributed by atoms with Crippen LogP contribution in [0.5, 0.6) is 0 Å². The average molecular weight is 395 g/mol. The second-order valence-electron chi connectivity index (χ2n) is 8.95. The van der Waals surface area contributed by atoms with Gasteiger partial charge < -0.3 is 25.3 Å². The summed E-state index contributed by atoms with van der Waals surface area (Å²) < 4.78 is 7.47. The molecule has 0 aliphatic carbocycles. The molecule has 0 saturated carbocycles. The largest absolute Gasteiger partial charge is 0.444 e. The molecule has 160 valence electrons. The van der Waals surface area contributed by atoms with Gasteiger partial charge in [0, 0.05) is 32.0 Å². The fourth-order valence-corrected chi connectivity index (χ4v) is 2.47. The van der Waals surface area contributed by atoms with Crippen molar-refractivity contribution < 1.29 is 9.53 Å². The van der Waals surface area contributed by atoms with Crippen LogP contribution >= 0.6 is 0 Å². The van der Waals surface area contributed by atoms with E-state index in [0.717, 1.165) is 18.9 Å². The Bertz CT molecular complexity index is 643. The first-order chi connectivity index (χ1) is 12.9. The quantitative estimate of drug-likeness (QED) is 0.466. The molecule has 1 heterocycles. The Hall–Kier alpha value is -2.25. The first kappa shape index (κ1) is 23.8. The normalized spacial score (nSPS) is 12.8. The lowest BCUT2D eigenvalue weighted by molar-refractivity contribution is 0.0474. The van der Waals surface area contributed by atoms with Gasteiger partial charge in [-0.05, 0) is 47.5 Å². The van der Waals surface area contributed by atoms with E-state index < -0.39 is 17.2 Å². The highest BCUT2D eigenvalue weighted by molar-refractivity contribution is 5.80. The van der Waals surface area contributed by atoms with E-state index in [1.54, 1.807) is 6.20 Å². The van der Waals surface area contributed by atoms with Gasteiger partial charge in [-0.3, -0.25) is 0 Å². The van der Waals surface area contributed by atoms with Crippen molar-refractivity contribution in [2.24, 2.45) is 10.9 Å². The lowest BCUT2D eigenvalue weighted by atomic mass is 10.1. The number of rotatable bonds is 8. The Kier molecular flexibility index (Phi) is 8.78. The summed E-state index contributed by atoms with van der Waals surface area (Å²) in [6.45, 7) is 18.4. The van der Waals surface area contributed by atoms with Crippen LogP contribution in [-0.2, 0) is 17.8 Å². The van der Waals surface area contributed by atoms with Crippen LogP contribution in [0.4, 0.5) is 4.79 Å². The number of aliphatic imine (C=N–C) groups is 1. The molecule has 0 aromatic carbocycles. The predicted octanol–water partition coefficient (Wildman–Crippen LogP) is 2.90. The number of carbonyl (C=O) groups excluding carboxylic acids is 1. The third-order valence-corrected chi connectivity index (χ3v) is 3.62. The number of nitrogens with one attached hydrogen (secondary N) is 3. The molecule has 28 heavy (non-hydrogen) atoms. The summed E-state index contributed by atoms with van der Waals surface area (Å²) in [5.41, 5.74) is -1.03. The number of hydrogen-bond acceptors (Lipinski definition) is 4. The van der Waals surface area contributed by atoms with Crippen molar-refractivity contribution >= 4 is 12.1 Å². The third kappa shape index (κ3) is 9.62. The molecule has 0 aliphatic heterocycles. The maximum Gasteiger partial charge on any atom is 0.408 e. The number of hydrogen-bond donors (Lipinski definition) is 3. The van der Waals surface area contributed by atoms with Crippen LogP contribution in [-0.4, -0.2) is 45.8 Å². The minimum absolute atomic E-state index is 0.433. The molecule has 0 spiro atoms. The standard InChI is InChI=1S/C20H38N6O2/c1-9-21-17(23-12-16-22-10-11-26(16)13-15(2)3)24-14-20(7,8)25-18(27)28-19(4,5)6/h10-11,15H,9,12-14H2,1-8H3,(H,25,27)(H2,21,23,24). The molecule has 0 aliphatic rings. The van der Waals surface area contributed by atoms with Crippen molar-refractivity contribution in [1.29, 1.82) is 0 Å². The van der Waals surface area contributed by atoms with Crippen molar-refractivity contribution in [2.75, 3.05) is 13.1 Å². The summed E-state index contributed by atoms with van der Waals surface area (Å²) >= 11 is 0. The van der Waals surface area contributed by atoms with Crippen molar-refractivity contribution in [3.05, 3.63) is 18.2 Å². The van der Waals surface area contributed by atoms with Gasteiger partial charge in [0.25, 0.3) is 0 Å². The summed E-state index contributed by atoms with van der Waals surface area (Å²) in [5.74, 6) is 2.15. The van der Waals surface area contributed by atoms with Crippen LogP contribution in [0.2, 0.25) is 0 Å². The number of aromatic nitrogens is 2. The van der Waals surface area contributed by atoms with Crippen molar-refractivity contribution in [1.82, 2.24) is 25.5 Å². The highest BCUT2D eigenvalue weighted by Crippen LogP contribution is 2.09. The van der Waals surface area contributed by atoms with E-state index in [0.29, 0.717) is 25.0 Å². The highest BCUT2D eigenvalue weighted by Gasteiger charge is 2.24. The second kappa shape index (κ2) is 10.3. The summed E-state index contributed by atoms with van der Waals surface area (Å²) in [4.78, 5) is 21.1. The first-order valence-electron chi connectivity index (χ1n) is 9.95. The summed E-state index contributed by atoms with van der Waals surface area (Å²) in [6.07, 6.45) is 3.36. The first-order valence-corrected chi connectivity index (χ1v) is 9.95. The molecule has 1 amide bonds. The van der Waals surface area contributed by atoms with Crippen molar-refractivity contribution in [3.63, 3.8) is 0 Å². The summed E-state index contributed by atoms with van der Waals surface area (Å²) in [5, 5.41) is 9.40. The molecule has 1 aromatic rings. The summed E-state index contributed by atoms with van der Waals surface area (Å²) in [7, 11) is 0. The molecule has 0 fully saturated rings. The maximum atomic E-state index is 12.0. The molecule has 0 saturated heterocycles. The van der Waals surface area contributed by atoms with Gasteiger partial charge in [0.05, 0.1) is 5.54 Å². The zero-order valence-electron chi connectivity index (χ0n) is 18.7. The monoisotopic (exact) mass is 394 g/mol. The van der Waals surface area contributed by atoms with Gasteiger partial charge in [-0.2, -0.15) is 0 Å². The molecular formula is C20H38N6O2. The van der Waals surface area contributed by atoms with Crippen LogP contribution in [0.25, 0.3) is 0 Å². The highest BCUT2D eigenvalue weighted by atomic mass is 16.6. The fourth-order valence-electron chi connectivity index (χ4n) is 2.47. The number of imidazole rings is 1. The van der Waals surface area contributed by atoms with Gasteiger partial charge in [-0.1, -0.05) is 13.8 Å². The van der Waals surface area contributed by atoms with Crippen LogP contribution in [0, 0.1) is 5.92 Å². The van der Waals surface area contributed by atoms with Crippen molar-refractivity contribution in [2.45, 2.75) is 79.6 Å². The van der Waals surface area contributed by atoms with E-state index in [-0.39, 0.29) is 0 Å². The minimum atomic E-state index is -0.526. The summed E-state index contributed by atoms with van der Waals surface area (Å²) in [6, 6.07) is 0. The Labute approximate surface area is 169 Å². The minimum Gasteiger partial charge on any atom is -0.444 e. The Balaban J connectivity index is 2.67. The lowest BCUT2D eigenvalue weighted by Crippen LogP contribution is -2.54. The van der Waals surface area contributed by atoms with Crippen molar-refractivity contribution in [3.8, 4) is 0 Å². The second-order valence-corrected chi connectivity index (χ2v) is 8.95. The smallest absolute Gasteiger partial charge is 0.408 e. The Morgan fingerprint density at radius 2 is 1.93 bits per heavy atom. The molecule has 8 nitrogen and oxygen atoms in total. The molecule has 0 unspecified atom stereocenters. The fraction of sp³-hybridized carbons (Fsp3) is 0.750. The van der Waals surface area contributed by atoms with Gasteiger partial charge >= 0.3 is 6.09 Å². The van der Waals surface area contributed by atoms with Gasteiger partial charge in [0.2, 0.25) is 0 Å². The van der Waals surface area contributed by atoms with Crippen LogP contribution in [0.15, 0.2) is 17.4 Å². The Morgan fingerprint density at radius 1 is 1.25 bits per heavy atom. The van der Waals surface area contributed by atoms with Gasteiger partial charge in [-0.15, -0.1) is 0 Å². The van der Waals surface area contributed by atoms with E-state index in [1.807, 2.05) is 47.7 Å². The van der Waals surface area contributed by atoms with E-state index >= 15 is 0 Å². The number of amides is 1. The van der Waals surface area contributed by atoms with Gasteiger partial charge in [-0.25, -0.2) is 14.8 Å². The molecular weight excluding hydrogens is 356 g/mol. The maximum absolute atomic E-state index is 12.0. The third-order valence-electron chi connectivity index (χ3n) is 3.62. The van der Waals surface area contributed by atoms with E-state index in [2.05, 4.69) is 44.3 Å². The molecule has 0 atom stereocenters. The topological polar surface area (TPSA) is 92.6 Å². The molecule has 3 N–H and O–H groups in total. The Morgan fingerprint density at radius 3 is 2.50 bits per heavy atom. The zero-order valence-corrected chi connectivity index (χ0v) is 18.7. The van der Waals surface area contributed by atoms with E-state index in [1.165, 1.54) is 0 Å². The van der Waals surface area contributed by atoms with Crippen LogP contribution in [0.3, 0.4) is 0 Å². The lowest BCUT2D eigenvalue weighted by Gasteiger charge is -2.29. The van der Waals surface area contributed by atoms with E-state index in [9.17, 15) is 4.79 Å². The molecule has 1 rings (SSSR count). The zero-order chi connectivity index (χ0) is 21.4. The van der Waals surface area contributed by atoms with Crippen LogP contribution in [0.1, 0.15) is 61.2 Å². The SMILES string of the molecule is CCNC(=NCc1nccn1CC(C)C)NCC(C)(C)NC(=O)OC(C)(C)C. The average Bonchev–Trinajstić information content (AvgIpc) is 2.94. The van der Waals surface area contributed by atoms with Gasteiger partial charge in [0.15, 0.2) is 5.96 Å². The predicted molar refractivity (Wildman–Crippen MR) is 113 cm³/mol. The molecule has 1 aromatic heterocycles. The number of carbonyl (C=O) groups is 1. The molecule has 0 radical (unpaired) electrons. The number of guanidine groups is 1. The molecule has 8 heteroatoms. The van der Waals surface area contributed by atoms with Crippen LogP contribution < -0.4 is 16.0 Å². The van der Waals surface area contributed by atoms with Gasteiger partial charge in [0.1, 0.15) is 18.0 Å². The number of ether oxygens (including phenoxy) is 1.